The molecular formula is C14H9N3O2S. The maximum absolute atomic E-state index is 12.1. The Labute approximate surface area is 118 Å². The Hall–Kier alpha value is -2.47. The van der Waals surface area contributed by atoms with Gasteiger partial charge in [-0.05, 0) is 18.2 Å². The van der Waals surface area contributed by atoms with Gasteiger partial charge in [-0.15, -0.1) is 11.3 Å². The maximum atomic E-state index is 12.1. The number of thiazole rings is 1. The summed E-state index contributed by atoms with van der Waals surface area (Å²) in [5.41, 5.74) is 5.56. The van der Waals surface area contributed by atoms with Crippen molar-refractivity contribution in [1.29, 1.82) is 0 Å². The first-order chi connectivity index (χ1) is 9.72. The van der Waals surface area contributed by atoms with Crippen molar-refractivity contribution >= 4 is 44.6 Å². The van der Waals surface area contributed by atoms with Gasteiger partial charge in [-0.3, -0.25) is 9.59 Å². The molecule has 0 bridgehead atoms. The van der Waals surface area contributed by atoms with Crippen LogP contribution in [0.25, 0.3) is 15.8 Å². The summed E-state index contributed by atoms with van der Waals surface area (Å²) in [5, 5.41) is 5.57. The number of fused-ring (bicyclic) bond motifs is 3. The van der Waals surface area contributed by atoms with Gasteiger partial charge in [0.2, 0.25) is 5.91 Å². The molecule has 2 amide bonds. The second-order valence-electron chi connectivity index (χ2n) is 4.61. The lowest BCUT2D eigenvalue weighted by Gasteiger charge is -2.01. The SMILES string of the molecule is O=C1CC=C(/C=C2\C(=O)Nc3ccc4ncsc4c32)N1. The zero-order chi connectivity index (χ0) is 13.7. The molecule has 2 aliphatic rings. The van der Waals surface area contributed by atoms with Crippen LogP contribution in [0.3, 0.4) is 0 Å². The summed E-state index contributed by atoms with van der Waals surface area (Å²) >= 11 is 1.51. The summed E-state index contributed by atoms with van der Waals surface area (Å²) in [6, 6.07) is 3.75. The second-order valence-corrected chi connectivity index (χ2v) is 5.47. The molecular weight excluding hydrogens is 274 g/mol. The normalized spacial score (nSPS) is 19.2. The first-order valence-electron chi connectivity index (χ1n) is 6.12. The van der Waals surface area contributed by atoms with Crippen LogP contribution in [0.15, 0.2) is 35.5 Å². The minimum absolute atomic E-state index is 0.0496. The molecule has 20 heavy (non-hydrogen) atoms. The third kappa shape index (κ3) is 1.58. The van der Waals surface area contributed by atoms with Gasteiger partial charge in [0, 0.05) is 17.7 Å². The molecule has 2 aromatic rings. The minimum atomic E-state index is -0.150. The van der Waals surface area contributed by atoms with E-state index in [2.05, 4.69) is 15.6 Å². The molecule has 1 aromatic heterocycles. The number of rotatable bonds is 1. The predicted octanol–water partition coefficient (Wildman–Crippen LogP) is 2.04. The van der Waals surface area contributed by atoms with E-state index in [9.17, 15) is 9.59 Å². The number of aromatic nitrogens is 1. The number of carbonyl (C=O) groups is 2. The molecule has 5 nitrogen and oxygen atoms in total. The lowest BCUT2D eigenvalue weighted by Crippen LogP contribution is -2.14. The molecule has 0 unspecified atom stereocenters. The third-order valence-corrected chi connectivity index (χ3v) is 4.21. The standard InChI is InChI=1S/C14H9N3O2S/c18-11-4-1-7(16-11)5-8-12-9(17-14(8)19)2-3-10-13(12)20-6-15-10/h1-3,5-6H,4H2,(H,16,18)(H,17,19)/b8-5-. The Balaban J connectivity index is 1.91. The molecule has 98 valence electrons. The van der Waals surface area contributed by atoms with Crippen molar-refractivity contribution in [1.82, 2.24) is 10.3 Å². The van der Waals surface area contributed by atoms with Crippen LogP contribution in [-0.4, -0.2) is 16.8 Å². The van der Waals surface area contributed by atoms with Crippen molar-refractivity contribution < 1.29 is 9.59 Å². The molecule has 6 heteroatoms. The Kier molecular flexibility index (Phi) is 2.28. The molecule has 0 radical (unpaired) electrons. The monoisotopic (exact) mass is 283 g/mol. The molecule has 3 heterocycles. The fraction of sp³-hybridized carbons (Fsp3) is 0.0714. The zero-order valence-electron chi connectivity index (χ0n) is 10.3. The van der Waals surface area contributed by atoms with Gasteiger partial charge in [0.25, 0.3) is 5.91 Å². The van der Waals surface area contributed by atoms with Crippen LogP contribution < -0.4 is 10.6 Å². The van der Waals surface area contributed by atoms with Gasteiger partial charge in [0.15, 0.2) is 0 Å². The van der Waals surface area contributed by atoms with E-state index >= 15 is 0 Å². The van der Waals surface area contributed by atoms with Crippen LogP contribution in [0.5, 0.6) is 0 Å². The predicted molar refractivity (Wildman–Crippen MR) is 77.1 cm³/mol. The van der Waals surface area contributed by atoms with Crippen molar-refractivity contribution in [3.8, 4) is 0 Å². The van der Waals surface area contributed by atoms with E-state index in [1.807, 2.05) is 12.1 Å². The van der Waals surface area contributed by atoms with Gasteiger partial charge in [0.05, 0.1) is 27.0 Å². The fourth-order valence-corrected chi connectivity index (χ4v) is 3.31. The van der Waals surface area contributed by atoms with E-state index in [1.54, 1.807) is 17.7 Å². The number of amides is 2. The van der Waals surface area contributed by atoms with E-state index in [1.165, 1.54) is 11.3 Å². The molecule has 0 fully saturated rings. The number of nitrogens with one attached hydrogen (secondary N) is 2. The van der Waals surface area contributed by atoms with Crippen LogP contribution in [0.4, 0.5) is 5.69 Å². The number of carbonyl (C=O) groups excluding carboxylic acids is 2. The number of hydrogen-bond donors (Lipinski definition) is 2. The number of hydrogen-bond acceptors (Lipinski definition) is 4. The molecule has 0 saturated heterocycles. The fourth-order valence-electron chi connectivity index (χ4n) is 2.46. The summed E-state index contributed by atoms with van der Waals surface area (Å²) in [4.78, 5) is 27.6. The highest BCUT2D eigenvalue weighted by Gasteiger charge is 2.27. The number of benzene rings is 1. The van der Waals surface area contributed by atoms with Crippen LogP contribution in [0.2, 0.25) is 0 Å². The molecule has 0 atom stereocenters. The minimum Gasteiger partial charge on any atom is -0.326 e. The Morgan fingerprint density at radius 1 is 1.25 bits per heavy atom. The van der Waals surface area contributed by atoms with Crippen molar-refractivity contribution in [2.75, 3.05) is 5.32 Å². The van der Waals surface area contributed by atoms with Crippen LogP contribution >= 0.6 is 11.3 Å². The van der Waals surface area contributed by atoms with Crippen molar-refractivity contribution in [2.24, 2.45) is 0 Å². The van der Waals surface area contributed by atoms with Gasteiger partial charge in [-0.1, -0.05) is 6.08 Å². The molecule has 2 N–H and O–H groups in total. The van der Waals surface area contributed by atoms with Gasteiger partial charge in [0.1, 0.15) is 0 Å². The highest BCUT2D eigenvalue weighted by atomic mass is 32.1. The summed E-state index contributed by atoms with van der Waals surface area (Å²) in [6.07, 6.45) is 3.87. The van der Waals surface area contributed by atoms with Gasteiger partial charge in [-0.2, -0.15) is 0 Å². The first-order valence-corrected chi connectivity index (χ1v) is 7.00. The molecule has 1 aromatic carbocycles. The Morgan fingerprint density at radius 3 is 2.95 bits per heavy atom. The largest absolute Gasteiger partial charge is 0.326 e. The first kappa shape index (κ1) is 11.4. The molecule has 0 spiro atoms. The van der Waals surface area contributed by atoms with Crippen molar-refractivity contribution in [3.63, 3.8) is 0 Å². The Bertz CT molecular complexity index is 832. The van der Waals surface area contributed by atoms with Crippen LogP contribution in [-0.2, 0) is 9.59 Å². The van der Waals surface area contributed by atoms with Crippen molar-refractivity contribution in [3.05, 3.63) is 41.1 Å². The highest BCUT2D eigenvalue weighted by Crippen LogP contribution is 2.39. The molecule has 0 saturated carbocycles. The molecule has 2 aliphatic heterocycles. The highest BCUT2D eigenvalue weighted by molar-refractivity contribution is 7.17. The number of anilines is 1. The van der Waals surface area contributed by atoms with E-state index in [0.717, 1.165) is 21.5 Å². The quantitative estimate of drug-likeness (QED) is 0.787. The number of nitrogens with zero attached hydrogens (tertiary/aromatic N) is 1. The summed E-state index contributed by atoms with van der Waals surface area (Å²) in [5.74, 6) is -0.200. The van der Waals surface area contributed by atoms with Gasteiger partial charge in [-0.25, -0.2) is 4.98 Å². The maximum Gasteiger partial charge on any atom is 0.256 e. The van der Waals surface area contributed by atoms with E-state index in [4.69, 9.17) is 0 Å². The number of allylic oxidation sites excluding steroid dienone is 1. The summed E-state index contributed by atoms with van der Waals surface area (Å²) < 4.78 is 0.983. The van der Waals surface area contributed by atoms with Crippen molar-refractivity contribution in [2.45, 2.75) is 6.42 Å². The van der Waals surface area contributed by atoms with Crippen LogP contribution in [0.1, 0.15) is 12.0 Å². The van der Waals surface area contributed by atoms with E-state index < -0.39 is 0 Å². The average molecular weight is 283 g/mol. The smallest absolute Gasteiger partial charge is 0.256 e. The van der Waals surface area contributed by atoms with Gasteiger partial charge < -0.3 is 10.6 Å². The second kappa shape index (κ2) is 4.01. The van der Waals surface area contributed by atoms with E-state index in [-0.39, 0.29) is 11.8 Å². The lowest BCUT2D eigenvalue weighted by atomic mass is 10.1. The molecule has 4 rings (SSSR count). The summed E-state index contributed by atoms with van der Waals surface area (Å²) in [7, 11) is 0. The lowest BCUT2D eigenvalue weighted by molar-refractivity contribution is -0.118. The zero-order valence-corrected chi connectivity index (χ0v) is 11.1. The van der Waals surface area contributed by atoms with E-state index in [0.29, 0.717) is 17.7 Å². The Morgan fingerprint density at radius 2 is 2.15 bits per heavy atom. The van der Waals surface area contributed by atoms with Crippen LogP contribution in [0, 0.1) is 0 Å². The summed E-state index contributed by atoms with van der Waals surface area (Å²) in [6.45, 7) is 0. The average Bonchev–Trinajstić information content (AvgIpc) is 3.10. The van der Waals surface area contributed by atoms with Gasteiger partial charge >= 0.3 is 0 Å². The topological polar surface area (TPSA) is 71.1 Å². The third-order valence-electron chi connectivity index (χ3n) is 3.35. The molecule has 0 aliphatic carbocycles.